The summed E-state index contributed by atoms with van der Waals surface area (Å²) in [7, 11) is 0. The van der Waals surface area contributed by atoms with Gasteiger partial charge in [-0.3, -0.25) is 15.0 Å². The zero-order valence-corrected chi connectivity index (χ0v) is 12.0. The molecule has 1 aromatic rings. The Hall–Kier alpha value is -2.64. The molecule has 1 aliphatic heterocycles. The molecule has 0 spiro atoms. The summed E-state index contributed by atoms with van der Waals surface area (Å²) in [6.07, 6.45) is -0.404. The van der Waals surface area contributed by atoms with E-state index in [0.717, 1.165) is 4.90 Å². The van der Waals surface area contributed by atoms with E-state index < -0.39 is 29.1 Å². The molecule has 0 unspecified atom stereocenters. The molecule has 118 valence electrons. The van der Waals surface area contributed by atoms with Gasteiger partial charge in [0.15, 0.2) is 6.04 Å². The molecule has 1 N–H and O–H groups in total. The smallest absolute Gasteiger partial charge is 0.411 e. The lowest BCUT2D eigenvalue weighted by Crippen LogP contribution is -2.42. The van der Waals surface area contributed by atoms with E-state index in [9.17, 15) is 24.8 Å². The predicted molar refractivity (Wildman–Crippen MR) is 75.2 cm³/mol. The summed E-state index contributed by atoms with van der Waals surface area (Å²) >= 11 is 0. The van der Waals surface area contributed by atoms with Crippen LogP contribution in [0.4, 0.5) is 10.5 Å². The Labute approximate surface area is 126 Å². The van der Waals surface area contributed by atoms with Gasteiger partial charge in [0.1, 0.15) is 6.10 Å². The predicted octanol–water partition coefficient (Wildman–Crippen LogP) is 2.17. The summed E-state index contributed by atoms with van der Waals surface area (Å²) in [5, 5.41) is 20.4. The summed E-state index contributed by atoms with van der Waals surface area (Å²) in [5.74, 6) is -1.18. The van der Waals surface area contributed by atoms with Crippen molar-refractivity contribution in [3.63, 3.8) is 0 Å². The van der Waals surface area contributed by atoms with Crippen molar-refractivity contribution in [2.24, 2.45) is 0 Å². The maximum Gasteiger partial charge on any atom is 0.411 e. The van der Waals surface area contributed by atoms with Crippen LogP contribution in [0.5, 0.6) is 0 Å². The van der Waals surface area contributed by atoms with Crippen molar-refractivity contribution in [3.05, 3.63) is 39.9 Å². The summed E-state index contributed by atoms with van der Waals surface area (Å²) in [6, 6.07) is 4.79. The number of benzene rings is 1. The lowest BCUT2D eigenvalue weighted by molar-refractivity contribution is -0.385. The SMILES string of the molecule is CCC[C@@H]1OC(=O)N(Cc2ccccc2[N+](=O)[O-])[C@H]1C(=O)O. The minimum absolute atomic E-state index is 0.154. The van der Waals surface area contributed by atoms with Gasteiger partial charge in [-0.15, -0.1) is 0 Å². The maximum absolute atomic E-state index is 11.9. The minimum Gasteiger partial charge on any atom is -0.480 e. The Morgan fingerprint density at radius 3 is 2.73 bits per heavy atom. The number of nitro benzene ring substituents is 1. The minimum atomic E-state index is -1.18. The fourth-order valence-corrected chi connectivity index (χ4v) is 2.54. The first-order chi connectivity index (χ1) is 10.5. The highest BCUT2D eigenvalue weighted by Gasteiger charge is 2.46. The van der Waals surface area contributed by atoms with E-state index in [2.05, 4.69) is 0 Å². The van der Waals surface area contributed by atoms with Crippen molar-refractivity contribution >= 4 is 17.7 Å². The van der Waals surface area contributed by atoms with Gasteiger partial charge in [0, 0.05) is 11.6 Å². The van der Waals surface area contributed by atoms with E-state index >= 15 is 0 Å². The number of rotatable bonds is 6. The molecule has 1 fully saturated rings. The molecule has 0 saturated carbocycles. The highest BCUT2D eigenvalue weighted by molar-refractivity contribution is 5.83. The number of para-hydroxylation sites is 1. The molecule has 1 aromatic carbocycles. The van der Waals surface area contributed by atoms with Gasteiger partial charge in [-0.2, -0.15) is 0 Å². The molecule has 22 heavy (non-hydrogen) atoms. The molecule has 1 aliphatic rings. The van der Waals surface area contributed by atoms with E-state index in [-0.39, 0.29) is 17.8 Å². The number of aliphatic carboxylic acids is 1. The standard InChI is InChI=1S/C14H16N2O6/c1-2-5-11-12(13(17)18)15(14(19)22-11)8-9-6-3-4-7-10(9)16(20)21/h3-4,6-7,11-12H,2,5,8H2,1H3,(H,17,18)/t11-,12+/m0/s1. The third-order valence-electron chi connectivity index (χ3n) is 3.53. The number of cyclic esters (lactones) is 1. The Morgan fingerprint density at radius 2 is 2.14 bits per heavy atom. The second-order valence-electron chi connectivity index (χ2n) is 5.01. The largest absolute Gasteiger partial charge is 0.480 e. The number of nitrogens with zero attached hydrogens (tertiary/aromatic N) is 2. The van der Waals surface area contributed by atoms with Crippen LogP contribution in [0.1, 0.15) is 25.3 Å². The average Bonchev–Trinajstić information content (AvgIpc) is 2.76. The molecule has 1 saturated heterocycles. The number of nitro groups is 1. The van der Waals surface area contributed by atoms with Gasteiger partial charge >= 0.3 is 12.1 Å². The van der Waals surface area contributed by atoms with Crippen LogP contribution in [0.2, 0.25) is 0 Å². The Kier molecular flexibility index (Phi) is 4.59. The van der Waals surface area contributed by atoms with Crippen LogP contribution in [0.3, 0.4) is 0 Å². The third-order valence-corrected chi connectivity index (χ3v) is 3.53. The van der Waals surface area contributed by atoms with Crippen LogP contribution >= 0.6 is 0 Å². The van der Waals surface area contributed by atoms with E-state index in [1.807, 2.05) is 6.92 Å². The van der Waals surface area contributed by atoms with Crippen LogP contribution in [-0.4, -0.2) is 39.1 Å². The van der Waals surface area contributed by atoms with Gasteiger partial charge in [-0.05, 0) is 6.42 Å². The fourth-order valence-electron chi connectivity index (χ4n) is 2.54. The molecule has 0 aliphatic carbocycles. The molecular formula is C14H16N2O6. The van der Waals surface area contributed by atoms with Crippen LogP contribution in [0, 0.1) is 10.1 Å². The number of ether oxygens (including phenoxy) is 1. The number of hydrogen-bond acceptors (Lipinski definition) is 5. The molecule has 1 amide bonds. The fraction of sp³-hybridized carbons (Fsp3) is 0.429. The van der Waals surface area contributed by atoms with Crippen LogP contribution in [-0.2, 0) is 16.1 Å². The first-order valence-corrected chi connectivity index (χ1v) is 6.88. The molecule has 0 aromatic heterocycles. The average molecular weight is 308 g/mol. The third kappa shape index (κ3) is 3.00. The van der Waals surface area contributed by atoms with Gasteiger partial charge in [-0.25, -0.2) is 9.59 Å². The number of amides is 1. The zero-order chi connectivity index (χ0) is 16.3. The Bertz CT molecular complexity index is 603. The number of carboxylic acids is 1. The Morgan fingerprint density at radius 1 is 1.45 bits per heavy atom. The molecule has 0 bridgehead atoms. The maximum atomic E-state index is 11.9. The van der Waals surface area contributed by atoms with Gasteiger partial charge in [0.2, 0.25) is 0 Å². The molecule has 0 radical (unpaired) electrons. The quantitative estimate of drug-likeness (QED) is 0.637. The van der Waals surface area contributed by atoms with Gasteiger partial charge in [-0.1, -0.05) is 31.5 Å². The molecule has 2 atom stereocenters. The van der Waals surface area contributed by atoms with Crippen molar-refractivity contribution in [1.82, 2.24) is 4.90 Å². The van der Waals surface area contributed by atoms with E-state index in [1.165, 1.54) is 18.2 Å². The molecule has 2 rings (SSSR count). The van der Waals surface area contributed by atoms with Crippen LogP contribution in [0.15, 0.2) is 24.3 Å². The summed E-state index contributed by atoms with van der Waals surface area (Å²) < 4.78 is 5.10. The van der Waals surface area contributed by atoms with E-state index in [0.29, 0.717) is 12.8 Å². The number of carbonyl (C=O) groups excluding carboxylic acids is 1. The monoisotopic (exact) mass is 308 g/mol. The first-order valence-electron chi connectivity index (χ1n) is 6.88. The van der Waals surface area contributed by atoms with Crippen LogP contribution < -0.4 is 0 Å². The number of carbonyl (C=O) groups is 2. The number of hydrogen-bond donors (Lipinski definition) is 1. The lowest BCUT2D eigenvalue weighted by Gasteiger charge is -2.20. The van der Waals surface area contributed by atoms with Crippen molar-refractivity contribution in [2.45, 2.75) is 38.5 Å². The molecule has 8 heteroatoms. The zero-order valence-electron chi connectivity index (χ0n) is 12.0. The van der Waals surface area contributed by atoms with Crippen molar-refractivity contribution in [1.29, 1.82) is 0 Å². The summed E-state index contributed by atoms with van der Waals surface area (Å²) in [6.45, 7) is 1.69. The highest BCUT2D eigenvalue weighted by atomic mass is 16.6. The van der Waals surface area contributed by atoms with Crippen molar-refractivity contribution < 1.29 is 24.4 Å². The van der Waals surface area contributed by atoms with E-state index in [1.54, 1.807) is 6.07 Å². The topological polar surface area (TPSA) is 110 Å². The Balaban J connectivity index is 2.29. The second-order valence-corrected chi connectivity index (χ2v) is 5.01. The van der Waals surface area contributed by atoms with Gasteiger partial charge in [0.05, 0.1) is 11.5 Å². The summed E-state index contributed by atoms with van der Waals surface area (Å²) in [4.78, 5) is 34.9. The lowest BCUT2D eigenvalue weighted by atomic mass is 10.1. The van der Waals surface area contributed by atoms with Gasteiger partial charge < -0.3 is 9.84 Å². The van der Waals surface area contributed by atoms with Crippen molar-refractivity contribution in [3.8, 4) is 0 Å². The van der Waals surface area contributed by atoms with Crippen LogP contribution in [0.25, 0.3) is 0 Å². The van der Waals surface area contributed by atoms with Gasteiger partial charge in [0.25, 0.3) is 5.69 Å². The normalized spacial score (nSPS) is 20.8. The second kappa shape index (κ2) is 6.42. The molecule has 8 nitrogen and oxygen atoms in total. The van der Waals surface area contributed by atoms with Crippen molar-refractivity contribution in [2.75, 3.05) is 0 Å². The molecule has 1 heterocycles. The molecular weight excluding hydrogens is 292 g/mol. The summed E-state index contributed by atoms with van der Waals surface area (Å²) in [5.41, 5.74) is 0.117. The first kappa shape index (κ1) is 15.7. The highest BCUT2D eigenvalue weighted by Crippen LogP contribution is 2.28. The van der Waals surface area contributed by atoms with E-state index in [4.69, 9.17) is 4.74 Å². The number of carboxylic acid groups (broad SMARTS) is 1.